The minimum atomic E-state index is -1.02. The van der Waals surface area contributed by atoms with Crippen LogP contribution >= 0.6 is 0 Å². The zero-order valence-electron chi connectivity index (χ0n) is 16.7. The fourth-order valence-electron chi connectivity index (χ4n) is 2.29. The van der Waals surface area contributed by atoms with E-state index < -0.39 is 23.8 Å². The summed E-state index contributed by atoms with van der Waals surface area (Å²) in [5.74, 6) is 5.21. The highest BCUT2D eigenvalue weighted by atomic mass is 16.5. The molecule has 0 aromatic carbocycles. The van der Waals surface area contributed by atoms with E-state index in [1.54, 1.807) is 37.5 Å². The minimum absolute atomic E-state index is 0.0139. The Hall–Kier alpha value is -1.87. The molecule has 3 atom stereocenters. The Balaban J connectivity index is 4.30. The van der Waals surface area contributed by atoms with E-state index in [2.05, 4.69) is 18.8 Å². The second kappa shape index (κ2) is 15.2. The van der Waals surface area contributed by atoms with Gasteiger partial charge in [0, 0.05) is 13.5 Å². The summed E-state index contributed by atoms with van der Waals surface area (Å²) in [5, 5.41) is 28.0. The second-order valence-electron chi connectivity index (χ2n) is 6.63. The maximum Gasteiger partial charge on any atom is 0.303 e. The number of carbonyl (C=O) groups is 1. The molecular weight excluding hydrogens is 344 g/mol. The van der Waals surface area contributed by atoms with Crippen molar-refractivity contribution in [3.05, 3.63) is 36.5 Å². The number of rotatable bonds is 13. The number of unbranched alkanes of at least 4 members (excludes halogenated alkanes) is 2. The summed E-state index contributed by atoms with van der Waals surface area (Å²) < 4.78 is 5.50. The van der Waals surface area contributed by atoms with Gasteiger partial charge >= 0.3 is 5.97 Å². The van der Waals surface area contributed by atoms with Crippen molar-refractivity contribution in [2.45, 2.75) is 76.6 Å². The van der Waals surface area contributed by atoms with Gasteiger partial charge in [-0.3, -0.25) is 4.79 Å². The summed E-state index contributed by atoms with van der Waals surface area (Å²) in [6, 6.07) is 0. The van der Waals surface area contributed by atoms with Crippen molar-refractivity contribution in [3.8, 4) is 11.8 Å². The van der Waals surface area contributed by atoms with Crippen molar-refractivity contribution in [1.82, 2.24) is 0 Å². The van der Waals surface area contributed by atoms with Gasteiger partial charge in [0.25, 0.3) is 0 Å². The van der Waals surface area contributed by atoms with E-state index >= 15 is 0 Å². The zero-order valence-corrected chi connectivity index (χ0v) is 16.7. The van der Waals surface area contributed by atoms with Crippen molar-refractivity contribution >= 4 is 5.97 Å². The molecule has 0 bridgehead atoms. The molecule has 0 heterocycles. The molecule has 1 unspecified atom stereocenters. The lowest BCUT2D eigenvalue weighted by atomic mass is 9.99. The highest BCUT2D eigenvalue weighted by Gasteiger charge is 2.19. The van der Waals surface area contributed by atoms with E-state index in [4.69, 9.17) is 9.84 Å². The van der Waals surface area contributed by atoms with Gasteiger partial charge in [0.1, 0.15) is 5.60 Å². The van der Waals surface area contributed by atoms with E-state index in [9.17, 15) is 15.0 Å². The Morgan fingerprint density at radius 3 is 2.48 bits per heavy atom. The Bertz CT molecular complexity index is 553. The molecule has 0 aromatic heterocycles. The van der Waals surface area contributed by atoms with Gasteiger partial charge in [-0.1, -0.05) is 62.0 Å². The number of aliphatic hydroxyl groups excluding tert-OH is 2. The van der Waals surface area contributed by atoms with Gasteiger partial charge < -0.3 is 20.1 Å². The first-order valence-electron chi connectivity index (χ1n) is 9.50. The van der Waals surface area contributed by atoms with Crippen LogP contribution in [0.15, 0.2) is 36.5 Å². The Kier molecular flexibility index (Phi) is 14.2. The van der Waals surface area contributed by atoms with Crippen molar-refractivity contribution in [2.24, 2.45) is 0 Å². The Labute approximate surface area is 163 Å². The summed E-state index contributed by atoms with van der Waals surface area (Å²) in [4.78, 5) is 10.4. The number of aliphatic hydroxyl groups is 2. The van der Waals surface area contributed by atoms with Gasteiger partial charge in [-0.2, -0.15) is 0 Å². The maximum absolute atomic E-state index is 10.4. The molecule has 0 amide bonds. The quantitative estimate of drug-likeness (QED) is 0.259. The molecule has 0 aliphatic carbocycles. The second-order valence-corrected chi connectivity index (χ2v) is 6.63. The molecule has 0 rings (SSSR count). The third-order valence-corrected chi connectivity index (χ3v) is 4.15. The number of aliphatic carboxylic acids is 1. The lowest BCUT2D eigenvalue weighted by Gasteiger charge is -2.21. The fraction of sp³-hybridized carbons (Fsp3) is 0.591. The molecule has 5 nitrogen and oxygen atoms in total. The zero-order chi connectivity index (χ0) is 20.5. The van der Waals surface area contributed by atoms with Gasteiger partial charge in [-0.05, 0) is 38.7 Å². The molecule has 152 valence electrons. The molecular formula is C22H34O5. The van der Waals surface area contributed by atoms with Crippen LogP contribution in [0.2, 0.25) is 0 Å². The van der Waals surface area contributed by atoms with Crippen molar-refractivity contribution < 1.29 is 24.9 Å². The molecule has 0 spiro atoms. The van der Waals surface area contributed by atoms with Crippen molar-refractivity contribution in [2.75, 3.05) is 7.11 Å². The Morgan fingerprint density at radius 1 is 1.15 bits per heavy atom. The summed E-state index contributed by atoms with van der Waals surface area (Å²) in [7, 11) is 1.68. The van der Waals surface area contributed by atoms with Gasteiger partial charge in [0.2, 0.25) is 0 Å². The van der Waals surface area contributed by atoms with E-state index in [0.29, 0.717) is 6.42 Å². The van der Waals surface area contributed by atoms with Crippen molar-refractivity contribution in [3.63, 3.8) is 0 Å². The van der Waals surface area contributed by atoms with Crippen LogP contribution in [0.3, 0.4) is 0 Å². The molecule has 0 radical (unpaired) electrons. The summed E-state index contributed by atoms with van der Waals surface area (Å²) in [6.07, 6.45) is 13.0. The third kappa shape index (κ3) is 13.9. The first-order chi connectivity index (χ1) is 12.8. The number of carboxylic acid groups (broad SMARTS) is 1. The predicted octanol–water partition coefficient (Wildman–Crippen LogP) is 3.62. The smallest absolute Gasteiger partial charge is 0.303 e. The monoisotopic (exact) mass is 378 g/mol. The van der Waals surface area contributed by atoms with Crippen molar-refractivity contribution in [1.29, 1.82) is 0 Å². The lowest BCUT2D eigenvalue weighted by Crippen LogP contribution is -2.24. The van der Waals surface area contributed by atoms with E-state index in [1.807, 2.05) is 6.92 Å². The third-order valence-electron chi connectivity index (χ3n) is 4.15. The molecule has 0 saturated carbocycles. The number of carboxylic acids is 1. The maximum atomic E-state index is 10.4. The van der Waals surface area contributed by atoms with E-state index in [0.717, 1.165) is 12.8 Å². The lowest BCUT2D eigenvalue weighted by molar-refractivity contribution is -0.137. The largest absolute Gasteiger partial charge is 0.481 e. The molecule has 3 N–H and O–H groups in total. The summed E-state index contributed by atoms with van der Waals surface area (Å²) >= 11 is 0. The van der Waals surface area contributed by atoms with Crippen LogP contribution in [0.4, 0.5) is 0 Å². The molecule has 0 fully saturated rings. The highest BCUT2D eigenvalue weighted by molar-refractivity contribution is 5.66. The number of allylic oxidation sites excluding steroid dienone is 5. The van der Waals surface area contributed by atoms with E-state index in [-0.39, 0.29) is 12.8 Å². The van der Waals surface area contributed by atoms with Gasteiger partial charge in [-0.15, -0.1) is 0 Å². The standard InChI is InChI=1S/C22H34O5/c1-4-5-11-17-22(2,27-3)18-12-9-7-6-8-10-14-19(23)20(24)15-13-16-21(25)26/h6-10,14,19-20,23-24H,4-5,11,13,15-17H2,1-3H3,(H,25,26)/b8-6+,9-7+,14-10+/t19-,20+,22?/m0/s1. The van der Waals surface area contributed by atoms with Crippen LogP contribution in [0.25, 0.3) is 0 Å². The van der Waals surface area contributed by atoms with Crippen LogP contribution in [0, 0.1) is 11.8 Å². The first-order valence-corrected chi connectivity index (χ1v) is 9.50. The molecule has 0 aromatic rings. The summed E-state index contributed by atoms with van der Waals surface area (Å²) in [5.41, 5.74) is -0.427. The number of ether oxygens (including phenoxy) is 1. The van der Waals surface area contributed by atoms with Crippen LogP contribution in [0.5, 0.6) is 0 Å². The normalized spacial score (nSPS) is 16.3. The SMILES string of the molecule is CCCCCC(C)(C#C/C=C/C=C/C=C/[C@H](O)[C@H](O)CCCC(=O)O)OC. The van der Waals surface area contributed by atoms with Gasteiger partial charge in [-0.25, -0.2) is 0 Å². The molecule has 27 heavy (non-hydrogen) atoms. The number of hydrogen-bond acceptors (Lipinski definition) is 4. The summed E-state index contributed by atoms with van der Waals surface area (Å²) in [6.45, 7) is 4.16. The minimum Gasteiger partial charge on any atom is -0.481 e. The Morgan fingerprint density at radius 2 is 1.85 bits per heavy atom. The van der Waals surface area contributed by atoms with Crippen LogP contribution in [-0.2, 0) is 9.53 Å². The van der Waals surface area contributed by atoms with E-state index in [1.165, 1.54) is 18.9 Å². The van der Waals surface area contributed by atoms with Crippen LogP contribution in [0.1, 0.15) is 58.8 Å². The molecule has 0 saturated heterocycles. The van der Waals surface area contributed by atoms with Gasteiger partial charge in [0.05, 0.1) is 12.2 Å². The van der Waals surface area contributed by atoms with Crippen LogP contribution in [-0.4, -0.2) is 46.2 Å². The van der Waals surface area contributed by atoms with Crippen LogP contribution < -0.4 is 0 Å². The number of hydrogen-bond donors (Lipinski definition) is 3. The highest BCUT2D eigenvalue weighted by Crippen LogP contribution is 2.17. The average molecular weight is 379 g/mol. The fourth-order valence-corrected chi connectivity index (χ4v) is 2.29. The predicted molar refractivity (Wildman–Crippen MR) is 108 cm³/mol. The molecule has 0 aliphatic heterocycles. The average Bonchev–Trinajstić information content (AvgIpc) is 2.63. The molecule has 0 aliphatic rings. The van der Waals surface area contributed by atoms with Gasteiger partial charge in [0.15, 0.2) is 0 Å². The molecule has 5 heteroatoms. The topological polar surface area (TPSA) is 87.0 Å². The number of methoxy groups -OCH3 is 1. The first kappa shape index (κ1) is 25.1.